The molecule has 68 valence electrons. The smallest absolute Gasteiger partial charge is 0.248 e. The van der Waals surface area contributed by atoms with Crippen molar-refractivity contribution < 1.29 is 4.42 Å². The first-order valence-electron chi connectivity index (χ1n) is 3.98. The highest BCUT2D eigenvalue weighted by atomic mass is 16.4. The average Bonchev–Trinajstić information content (AvgIpc) is 2.61. The van der Waals surface area contributed by atoms with E-state index in [4.69, 9.17) is 16.7 Å². The van der Waals surface area contributed by atoms with Crippen molar-refractivity contribution in [3.05, 3.63) is 42.0 Å². The number of anilines is 1. The van der Waals surface area contributed by atoms with E-state index in [0.29, 0.717) is 11.4 Å². The van der Waals surface area contributed by atoms with E-state index in [9.17, 15) is 0 Å². The predicted molar refractivity (Wildman–Crippen MR) is 52.6 cm³/mol. The summed E-state index contributed by atoms with van der Waals surface area (Å²) >= 11 is 0. The molecule has 2 rings (SSSR count). The Morgan fingerprint density at radius 3 is 2.93 bits per heavy atom. The minimum atomic E-state index is 0.152. The van der Waals surface area contributed by atoms with Crippen LogP contribution in [0.3, 0.4) is 0 Å². The Balaban J connectivity index is 2.50. The van der Waals surface area contributed by atoms with Crippen molar-refractivity contribution in [3.63, 3.8) is 0 Å². The molecule has 14 heavy (non-hydrogen) atoms. The van der Waals surface area contributed by atoms with Crippen molar-refractivity contribution >= 4 is 11.6 Å². The molecule has 2 aromatic heterocycles. The quantitative estimate of drug-likeness (QED) is 0.694. The molecule has 0 aliphatic heterocycles. The van der Waals surface area contributed by atoms with Gasteiger partial charge in [0.25, 0.3) is 0 Å². The first-order valence-corrected chi connectivity index (χ1v) is 3.98. The lowest BCUT2D eigenvalue weighted by Crippen LogP contribution is -1.78. The molecular formula is C10H7N3O. The molecule has 0 radical (unpaired) electrons. The van der Waals surface area contributed by atoms with E-state index in [1.807, 2.05) is 6.07 Å². The second-order valence-corrected chi connectivity index (χ2v) is 2.71. The van der Waals surface area contributed by atoms with Crippen molar-refractivity contribution in [1.29, 1.82) is 0 Å². The SMILES string of the molecule is [C-]#[N+]c1cc(-c2cccnc2)oc1N. The zero-order chi connectivity index (χ0) is 9.97. The number of pyridine rings is 1. The summed E-state index contributed by atoms with van der Waals surface area (Å²) in [4.78, 5) is 7.17. The molecule has 0 spiro atoms. The average molecular weight is 185 g/mol. The number of aromatic nitrogens is 1. The second kappa shape index (κ2) is 3.23. The topological polar surface area (TPSA) is 56.4 Å². The lowest BCUT2D eigenvalue weighted by Gasteiger charge is -1.93. The Morgan fingerprint density at radius 1 is 1.50 bits per heavy atom. The van der Waals surface area contributed by atoms with Crippen LogP contribution in [0.25, 0.3) is 16.2 Å². The highest BCUT2D eigenvalue weighted by Gasteiger charge is 2.08. The lowest BCUT2D eigenvalue weighted by molar-refractivity contribution is 0.603. The Labute approximate surface area is 80.8 Å². The fourth-order valence-corrected chi connectivity index (χ4v) is 1.13. The van der Waals surface area contributed by atoms with Gasteiger partial charge in [-0.25, -0.2) is 4.85 Å². The van der Waals surface area contributed by atoms with Gasteiger partial charge in [-0.1, -0.05) is 0 Å². The van der Waals surface area contributed by atoms with E-state index >= 15 is 0 Å². The van der Waals surface area contributed by atoms with E-state index in [1.54, 1.807) is 24.5 Å². The number of nitrogens with zero attached hydrogens (tertiary/aromatic N) is 2. The van der Waals surface area contributed by atoms with Gasteiger partial charge < -0.3 is 10.2 Å². The third-order valence-electron chi connectivity index (χ3n) is 1.81. The summed E-state index contributed by atoms with van der Waals surface area (Å²) in [7, 11) is 0. The van der Waals surface area contributed by atoms with Crippen LogP contribution in [0.1, 0.15) is 0 Å². The second-order valence-electron chi connectivity index (χ2n) is 2.71. The van der Waals surface area contributed by atoms with Crippen LogP contribution in [0.15, 0.2) is 35.0 Å². The zero-order valence-electron chi connectivity index (χ0n) is 7.27. The van der Waals surface area contributed by atoms with Crippen molar-refractivity contribution in [2.45, 2.75) is 0 Å². The number of furan rings is 1. The van der Waals surface area contributed by atoms with Crippen LogP contribution in [0.2, 0.25) is 0 Å². The van der Waals surface area contributed by atoms with Crippen molar-refractivity contribution in [1.82, 2.24) is 4.98 Å². The molecular weight excluding hydrogens is 178 g/mol. The van der Waals surface area contributed by atoms with Crippen LogP contribution in [-0.4, -0.2) is 4.98 Å². The number of hydrogen-bond donors (Lipinski definition) is 1. The number of hydrogen-bond acceptors (Lipinski definition) is 3. The Kier molecular flexibility index (Phi) is 1.92. The van der Waals surface area contributed by atoms with Crippen LogP contribution < -0.4 is 5.73 Å². The van der Waals surface area contributed by atoms with Crippen LogP contribution >= 0.6 is 0 Å². The van der Waals surface area contributed by atoms with Crippen LogP contribution in [0, 0.1) is 6.57 Å². The summed E-state index contributed by atoms with van der Waals surface area (Å²) in [5.41, 5.74) is 6.64. The molecule has 0 aromatic carbocycles. The van der Waals surface area contributed by atoms with E-state index in [1.165, 1.54) is 0 Å². The highest BCUT2D eigenvalue weighted by molar-refractivity contribution is 5.71. The Morgan fingerprint density at radius 2 is 2.36 bits per heavy atom. The first kappa shape index (κ1) is 8.32. The molecule has 0 aliphatic carbocycles. The molecule has 0 bridgehead atoms. The van der Waals surface area contributed by atoms with Gasteiger partial charge in [-0.05, 0) is 18.2 Å². The van der Waals surface area contributed by atoms with E-state index in [-0.39, 0.29) is 5.88 Å². The maximum absolute atomic E-state index is 6.83. The maximum atomic E-state index is 6.83. The summed E-state index contributed by atoms with van der Waals surface area (Å²) in [6, 6.07) is 5.25. The Hall–Kier alpha value is -2.28. The van der Waals surface area contributed by atoms with Gasteiger partial charge in [-0.3, -0.25) is 4.98 Å². The van der Waals surface area contributed by atoms with Gasteiger partial charge in [-0.15, -0.1) is 0 Å². The van der Waals surface area contributed by atoms with Crippen LogP contribution in [0.4, 0.5) is 11.6 Å². The largest absolute Gasteiger partial charge is 0.452 e. The van der Waals surface area contributed by atoms with Gasteiger partial charge in [0.15, 0.2) is 5.88 Å². The third-order valence-corrected chi connectivity index (χ3v) is 1.81. The van der Waals surface area contributed by atoms with E-state index in [0.717, 1.165) is 5.56 Å². The van der Waals surface area contributed by atoms with Gasteiger partial charge in [-0.2, -0.15) is 0 Å². The summed E-state index contributed by atoms with van der Waals surface area (Å²) in [6.07, 6.45) is 3.33. The van der Waals surface area contributed by atoms with Gasteiger partial charge >= 0.3 is 0 Å². The lowest BCUT2D eigenvalue weighted by atomic mass is 10.2. The van der Waals surface area contributed by atoms with Crippen molar-refractivity contribution in [3.8, 4) is 11.3 Å². The molecule has 4 heteroatoms. The molecule has 2 aromatic rings. The molecule has 0 atom stereocenters. The fourth-order valence-electron chi connectivity index (χ4n) is 1.13. The molecule has 0 amide bonds. The fraction of sp³-hybridized carbons (Fsp3) is 0. The van der Waals surface area contributed by atoms with Gasteiger partial charge in [0, 0.05) is 18.0 Å². The number of rotatable bonds is 1. The van der Waals surface area contributed by atoms with Crippen molar-refractivity contribution in [2.75, 3.05) is 5.73 Å². The number of nitrogen functional groups attached to an aromatic ring is 1. The van der Waals surface area contributed by atoms with Gasteiger partial charge in [0.1, 0.15) is 5.76 Å². The molecule has 0 fully saturated rings. The Bertz CT molecular complexity index is 482. The first-order chi connectivity index (χ1) is 6.81. The highest BCUT2D eigenvalue weighted by Crippen LogP contribution is 2.32. The molecule has 4 nitrogen and oxygen atoms in total. The van der Waals surface area contributed by atoms with Gasteiger partial charge in [0.05, 0.1) is 6.57 Å². The zero-order valence-corrected chi connectivity index (χ0v) is 7.27. The molecule has 2 N–H and O–H groups in total. The molecule has 0 aliphatic rings. The summed E-state index contributed by atoms with van der Waals surface area (Å²) in [5.74, 6) is 0.723. The summed E-state index contributed by atoms with van der Waals surface area (Å²) in [5, 5.41) is 0. The monoisotopic (exact) mass is 185 g/mol. The summed E-state index contributed by atoms with van der Waals surface area (Å²) in [6.45, 7) is 6.83. The predicted octanol–water partition coefficient (Wildman–Crippen LogP) is 2.47. The standard InChI is InChI=1S/C10H7N3O/c1-12-8-5-9(14-10(8)11)7-3-2-4-13-6-7/h2-6H,11H2. The molecule has 0 unspecified atom stereocenters. The minimum Gasteiger partial charge on any atom is -0.452 e. The van der Waals surface area contributed by atoms with Gasteiger partial charge in [0.2, 0.25) is 5.69 Å². The summed E-state index contributed by atoms with van der Waals surface area (Å²) < 4.78 is 5.22. The molecule has 0 saturated carbocycles. The normalized spacial score (nSPS) is 9.64. The molecule has 2 heterocycles. The van der Waals surface area contributed by atoms with Crippen LogP contribution in [-0.2, 0) is 0 Å². The minimum absolute atomic E-state index is 0.152. The van der Waals surface area contributed by atoms with Crippen molar-refractivity contribution in [2.24, 2.45) is 0 Å². The van der Waals surface area contributed by atoms with Crippen LogP contribution in [0.5, 0.6) is 0 Å². The maximum Gasteiger partial charge on any atom is 0.248 e. The molecule has 0 saturated heterocycles. The van der Waals surface area contributed by atoms with E-state index < -0.39 is 0 Å². The van der Waals surface area contributed by atoms with E-state index in [2.05, 4.69) is 9.83 Å². The third kappa shape index (κ3) is 1.31. The number of nitrogens with two attached hydrogens (primary N) is 1.